The summed E-state index contributed by atoms with van der Waals surface area (Å²) in [6, 6.07) is 5.86. The predicted octanol–water partition coefficient (Wildman–Crippen LogP) is 1.24. The molecule has 9 heteroatoms. The van der Waals surface area contributed by atoms with Crippen LogP contribution < -0.4 is 5.32 Å². The van der Waals surface area contributed by atoms with Gasteiger partial charge >= 0.3 is 17.9 Å². The highest BCUT2D eigenvalue weighted by Crippen LogP contribution is 2.32. The van der Waals surface area contributed by atoms with E-state index in [1.807, 2.05) is 0 Å². The number of aliphatic hydroxyl groups is 2. The molecule has 1 aromatic rings. The third kappa shape index (κ3) is 7.45. The van der Waals surface area contributed by atoms with Gasteiger partial charge in [0.1, 0.15) is 6.04 Å². The molecule has 0 aliphatic carbocycles. The van der Waals surface area contributed by atoms with Crippen LogP contribution in [0.4, 0.5) is 0 Å². The van der Waals surface area contributed by atoms with Gasteiger partial charge < -0.3 is 30.5 Å². The van der Waals surface area contributed by atoms with E-state index in [4.69, 9.17) is 25.2 Å². The molecule has 29 heavy (non-hydrogen) atoms. The third-order valence-corrected chi connectivity index (χ3v) is 4.24. The highest BCUT2D eigenvalue weighted by molar-refractivity contribution is 5.83. The molecule has 0 aromatic heterocycles. The van der Waals surface area contributed by atoms with Crippen LogP contribution >= 0.6 is 0 Å². The molecule has 0 heterocycles. The van der Waals surface area contributed by atoms with Crippen molar-refractivity contribution in [3.05, 3.63) is 34.9 Å². The summed E-state index contributed by atoms with van der Waals surface area (Å²) in [5.41, 5.74) is 3.48. The molecule has 0 saturated heterocycles. The minimum absolute atomic E-state index is 0.238. The van der Waals surface area contributed by atoms with Crippen molar-refractivity contribution in [2.45, 2.75) is 57.8 Å². The normalized spacial score (nSPS) is 13.9. The first-order chi connectivity index (χ1) is 13.4. The highest BCUT2D eigenvalue weighted by Gasteiger charge is 2.29. The molecular weight excluding hydrogens is 382 g/mol. The quantitative estimate of drug-likeness (QED) is 0.396. The van der Waals surface area contributed by atoms with E-state index in [1.54, 1.807) is 7.05 Å². The van der Waals surface area contributed by atoms with E-state index in [2.05, 4.69) is 51.2 Å². The zero-order valence-corrected chi connectivity index (χ0v) is 17.5. The Kier molecular flexibility index (Phi) is 11.1. The Morgan fingerprint density at radius 1 is 0.897 bits per heavy atom. The lowest BCUT2D eigenvalue weighted by Gasteiger charge is -2.25. The fourth-order valence-corrected chi connectivity index (χ4v) is 2.71. The predicted molar refractivity (Wildman–Crippen MR) is 106 cm³/mol. The van der Waals surface area contributed by atoms with Crippen molar-refractivity contribution in [1.29, 1.82) is 0 Å². The van der Waals surface area contributed by atoms with E-state index in [0.29, 0.717) is 11.8 Å². The maximum atomic E-state index is 12.0. The van der Waals surface area contributed by atoms with Crippen molar-refractivity contribution < 1.29 is 39.5 Å². The van der Waals surface area contributed by atoms with Crippen LogP contribution in [0.25, 0.3) is 0 Å². The van der Waals surface area contributed by atoms with Crippen molar-refractivity contribution in [2.24, 2.45) is 0 Å². The molecule has 0 radical (unpaired) electrons. The molecule has 164 valence electrons. The van der Waals surface area contributed by atoms with Gasteiger partial charge in [-0.05, 0) is 35.6 Å². The number of nitrogens with one attached hydrogen (secondary N) is 1. The Morgan fingerprint density at radius 3 is 1.52 bits per heavy atom. The number of hydrogen-bond donors (Lipinski definition) is 5. The van der Waals surface area contributed by atoms with Crippen molar-refractivity contribution >= 4 is 17.9 Å². The standard InChI is InChI=1S/C16H25NO2.C4H6O6/c1-10(2)12-8-7-9-13(11(3)4)14(12)15(17-5)16(18)19-6;5-1(3(7)8)2(6)4(9)10/h7-11,15,17H,1-6H3;1-2,5-6H,(H,7,8)(H,9,10)/t15-;/m0./s1. The summed E-state index contributed by atoms with van der Waals surface area (Å²) in [5.74, 6) is -3.04. The molecule has 3 atom stereocenters. The molecule has 0 amide bonds. The first kappa shape index (κ1) is 26.5. The van der Waals surface area contributed by atoms with Crippen LogP contribution in [0, 0.1) is 0 Å². The molecule has 0 aliphatic rings. The SMILES string of the molecule is CN[C@H](C(=O)OC)c1c(C(C)C)cccc1C(C)C.O=C(O)C(O)C(O)C(=O)O. The lowest BCUT2D eigenvalue weighted by molar-refractivity contribution is -0.165. The Labute approximate surface area is 170 Å². The summed E-state index contributed by atoms with van der Waals surface area (Å²) in [7, 11) is 3.22. The summed E-state index contributed by atoms with van der Waals surface area (Å²) in [5, 5.41) is 35.6. The Morgan fingerprint density at radius 2 is 1.28 bits per heavy atom. The second kappa shape index (κ2) is 12.2. The Balaban J connectivity index is 0.000000665. The van der Waals surface area contributed by atoms with Gasteiger partial charge in [0.25, 0.3) is 0 Å². The molecule has 0 spiro atoms. The Bertz CT molecular complexity index is 657. The number of carbonyl (C=O) groups is 3. The zero-order chi connectivity index (χ0) is 22.9. The van der Waals surface area contributed by atoms with E-state index in [9.17, 15) is 14.4 Å². The number of ether oxygens (including phenoxy) is 1. The van der Waals surface area contributed by atoms with Gasteiger partial charge in [-0.15, -0.1) is 0 Å². The molecular formula is C20H31NO8. The molecule has 9 nitrogen and oxygen atoms in total. The summed E-state index contributed by atoms with van der Waals surface area (Å²) in [6.07, 6.45) is -4.53. The van der Waals surface area contributed by atoms with Gasteiger partial charge in [-0.25, -0.2) is 14.4 Å². The number of carboxylic acid groups (broad SMARTS) is 2. The van der Waals surface area contributed by atoms with Crippen molar-refractivity contribution in [3.63, 3.8) is 0 Å². The molecule has 5 N–H and O–H groups in total. The van der Waals surface area contributed by atoms with Gasteiger partial charge in [-0.2, -0.15) is 0 Å². The number of rotatable bonds is 8. The number of esters is 1. The maximum absolute atomic E-state index is 12.0. The lowest BCUT2D eigenvalue weighted by atomic mass is 9.85. The number of methoxy groups -OCH3 is 1. The number of benzene rings is 1. The maximum Gasteiger partial charge on any atom is 0.335 e. The van der Waals surface area contributed by atoms with Gasteiger partial charge in [0.15, 0.2) is 12.2 Å². The average Bonchev–Trinajstić information content (AvgIpc) is 2.67. The van der Waals surface area contributed by atoms with Crippen molar-refractivity contribution in [2.75, 3.05) is 14.2 Å². The van der Waals surface area contributed by atoms with E-state index in [1.165, 1.54) is 18.2 Å². The third-order valence-electron chi connectivity index (χ3n) is 4.24. The molecule has 1 rings (SSSR count). The smallest absolute Gasteiger partial charge is 0.335 e. The number of aliphatic hydroxyl groups excluding tert-OH is 2. The van der Waals surface area contributed by atoms with Crippen LogP contribution in [0.2, 0.25) is 0 Å². The van der Waals surface area contributed by atoms with Crippen LogP contribution in [0.15, 0.2) is 18.2 Å². The number of aliphatic carboxylic acids is 2. The first-order valence-electron chi connectivity index (χ1n) is 9.10. The molecule has 0 saturated carbocycles. The van der Waals surface area contributed by atoms with Gasteiger partial charge in [0.2, 0.25) is 0 Å². The van der Waals surface area contributed by atoms with Crippen LogP contribution in [-0.2, 0) is 19.1 Å². The average molecular weight is 413 g/mol. The number of hydrogen-bond acceptors (Lipinski definition) is 7. The molecule has 0 fully saturated rings. The molecule has 2 unspecified atom stereocenters. The molecule has 1 aromatic carbocycles. The number of carboxylic acids is 2. The minimum Gasteiger partial charge on any atom is -0.479 e. The summed E-state index contributed by atoms with van der Waals surface area (Å²) in [6.45, 7) is 8.58. The largest absolute Gasteiger partial charge is 0.479 e. The van der Waals surface area contributed by atoms with Crippen molar-refractivity contribution in [1.82, 2.24) is 5.32 Å². The zero-order valence-electron chi connectivity index (χ0n) is 17.5. The number of likely N-dealkylation sites (N-methyl/N-ethyl adjacent to an activating group) is 1. The highest BCUT2D eigenvalue weighted by atomic mass is 16.5. The minimum atomic E-state index is -2.27. The number of carbonyl (C=O) groups excluding carboxylic acids is 1. The van der Waals surface area contributed by atoms with Crippen molar-refractivity contribution in [3.8, 4) is 0 Å². The summed E-state index contributed by atoms with van der Waals surface area (Å²) >= 11 is 0. The molecule has 0 bridgehead atoms. The lowest BCUT2D eigenvalue weighted by Crippen LogP contribution is -2.39. The Hall–Kier alpha value is -2.49. The van der Waals surface area contributed by atoms with E-state index < -0.39 is 30.2 Å². The van der Waals surface area contributed by atoms with E-state index in [-0.39, 0.29) is 5.97 Å². The van der Waals surface area contributed by atoms with Crippen LogP contribution in [0.5, 0.6) is 0 Å². The molecule has 0 aliphatic heterocycles. The van der Waals surface area contributed by atoms with Gasteiger partial charge in [-0.1, -0.05) is 45.9 Å². The van der Waals surface area contributed by atoms with E-state index in [0.717, 1.165) is 5.56 Å². The fraction of sp³-hybridized carbons (Fsp3) is 0.550. The second-order valence-electron chi connectivity index (χ2n) is 6.97. The van der Waals surface area contributed by atoms with Crippen LogP contribution in [-0.4, -0.2) is 64.7 Å². The summed E-state index contributed by atoms with van der Waals surface area (Å²) < 4.78 is 4.93. The second-order valence-corrected chi connectivity index (χ2v) is 6.97. The van der Waals surface area contributed by atoms with E-state index >= 15 is 0 Å². The van der Waals surface area contributed by atoms with Crippen LogP contribution in [0.1, 0.15) is 62.3 Å². The van der Waals surface area contributed by atoms with Gasteiger partial charge in [0, 0.05) is 0 Å². The summed E-state index contributed by atoms with van der Waals surface area (Å²) in [4.78, 5) is 31.6. The topological polar surface area (TPSA) is 153 Å². The fourth-order valence-electron chi connectivity index (χ4n) is 2.71. The monoisotopic (exact) mass is 413 g/mol. The van der Waals surface area contributed by atoms with Crippen LogP contribution in [0.3, 0.4) is 0 Å². The van der Waals surface area contributed by atoms with Gasteiger partial charge in [-0.3, -0.25) is 0 Å². The first-order valence-corrected chi connectivity index (χ1v) is 9.10. The van der Waals surface area contributed by atoms with Gasteiger partial charge in [0.05, 0.1) is 7.11 Å².